The van der Waals surface area contributed by atoms with E-state index in [1.807, 2.05) is 13.0 Å². The Morgan fingerprint density at radius 3 is 2.78 bits per heavy atom. The van der Waals surface area contributed by atoms with Gasteiger partial charge in [0.15, 0.2) is 0 Å². The Balaban J connectivity index is 1.74. The summed E-state index contributed by atoms with van der Waals surface area (Å²) in [6.45, 7) is 7.24. The van der Waals surface area contributed by atoms with Crippen LogP contribution in [0, 0.1) is 13.8 Å². The lowest BCUT2D eigenvalue weighted by Gasteiger charge is -2.28. The van der Waals surface area contributed by atoms with Gasteiger partial charge in [0.1, 0.15) is 11.5 Å². The highest BCUT2D eigenvalue weighted by atomic mass is 16.3. The third kappa shape index (κ3) is 2.34. The van der Waals surface area contributed by atoms with E-state index < -0.39 is 0 Å². The second-order valence-electron chi connectivity index (χ2n) is 5.25. The molecule has 0 amide bonds. The summed E-state index contributed by atoms with van der Waals surface area (Å²) in [6.07, 6.45) is 1.15. The normalized spacial score (nSPS) is 15.7. The SMILES string of the molecule is Cc1ccc2c(c1)CN(Cc1ccc(C)o1)CC2. The molecule has 18 heavy (non-hydrogen) atoms. The summed E-state index contributed by atoms with van der Waals surface area (Å²) in [6, 6.07) is 10.9. The second-order valence-corrected chi connectivity index (χ2v) is 5.25. The number of fused-ring (bicyclic) bond motifs is 1. The Morgan fingerprint density at radius 1 is 1.11 bits per heavy atom. The Bertz CT molecular complexity index is 556. The molecular weight excluding hydrogens is 222 g/mol. The molecule has 1 aromatic carbocycles. The fourth-order valence-corrected chi connectivity index (χ4v) is 2.67. The largest absolute Gasteiger partial charge is 0.465 e. The molecule has 2 heteroatoms. The number of hydrogen-bond donors (Lipinski definition) is 0. The van der Waals surface area contributed by atoms with Crippen molar-refractivity contribution in [2.45, 2.75) is 33.4 Å². The summed E-state index contributed by atoms with van der Waals surface area (Å²) >= 11 is 0. The molecule has 3 rings (SSSR count). The lowest BCUT2D eigenvalue weighted by molar-refractivity contribution is 0.224. The highest BCUT2D eigenvalue weighted by molar-refractivity contribution is 5.33. The average Bonchev–Trinajstić information content (AvgIpc) is 2.74. The molecule has 2 heterocycles. The minimum atomic E-state index is 0.918. The molecule has 0 bridgehead atoms. The molecule has 2 aromatic rings. The molecule has 1 aliphatic heterocycles. The van der Waals surface area contributed by atoms with E-state index in [1.165, 1.54) is 16.7 Å². The molecule has 0 aliphatic carbocycles. The van der Waals surface area contributed by atoms with Gasteiger partial charge >= 0.3 is 0 Å². The van der Waals surface area contributed by atoms with Gasteiger partial charge in [0.25, 0.3) is 0 Å². The van der Waals surface area contributed by atoms with Crippen molar-refractivity contribution < 1.29 is 4.42 Å². The minimum absolute atomic E-state index is 0.918. The van der Waals surface area contributed by atoms with Crippen LogP contribution >= 0.6 is 0 Å². The van der Waals surface area contributed by atoms with Gasteiger partial charge in [0.2, 0.25) is 0 Å². The van der Waals surface area contributed by atoms with Crippen LogP contribution in [0.3, 0.4) is 0 Å². The van der Waals surface area contributed by atoms with Crippen molar-refractivity contribution in [3.05, 3.63) is 58.5 Å². The lowest BCUT2D eigenvalue weighted by Crippen LogP contribution is -2.29. The second kappa shape index (κ2) is 4.62. The molecule has 1 aliphatic rings. The van der Waals surface area contributed by atoms with Crippen molar-refractivity contribution >= 4 is 0 Å². The number of hydrogen-bond acceptors (Lipinski definition) is 2. The Kier molecular flexibility index (Phi) is 2.96. The first-order chi connectivity index (χ1) is 8.70. The smallest absolute Gasteiger partial charge is 0.118 e. The molecule has 0 fully saturated rings. The van der Waals surface area contributed by atoms with Crippen molar-refractivity contribution in [3.8, 4) is 0 Å². The van der Waals surface area contributed by atoms with E-state index in [1.54, 1.807) is 0 Å². The molecule has 0 spiro atoms. The molecule has 0 atom stereocenters. The van der Waals surface area contributed by atoms with Crippen molar-refractivity contribution in [3.63, 3.8) is 0 Å². The van der Waals surface area contributed by atoms with Crippen LogP contribution in [0.5, 0.6) is 0 Å². The van der Waals surface area contributed by atoms with Crippen LogP contribution in [0.25, 0.3) is 0 Å². The van der Waals surface area contributed by atoms with Crippen LogP contribution in [0.15, 0.2) is 34.7 Å². The quantitative estimate of drug-likeness (QED) is 0.800. The van der Waals surface area contributed by atoms with Gasteiger partial charge in [-0.05, 0) is 43.5 Å². The first-order valence-electron chi connectivity index (χ1n) is 6.57. The molecule has 94 valence electrons. The predicted molar refractivity (Wildman–Crippen MR) is 72.4 cm³/mol. The van der Waals surface area contributed by atoms with Gasteiger partial charge in [-0.2, -0.15) is 0 Å². The Labute approximate surface area is 108 Å². The number of furan rings is 1. The van der Waals surface area contributed by atoms with E-state index in [2.05, 4.69) is 36.1 Å². The van der Waals surface area contributed by atoms with Crippen LogP contribution in [0.1, 0.15) is 28.2 Å². The average molecular weight is 241 g/mol. The summed E-state index contributed by atoms with van der Waals surface area (Å²) in [4.78, 5) is 2.46. The van der Waals surface area contributed by atoms with Gasteiger partial charge in [-0.3, -0.25) is 4.90 Å². The van der Waals surface area contributed by atoms with Crippen LogP contribution in [-0.2, 0) is 19.5 Å². The standard InChI is InChI=1S/C16H19NO/c1-12-3-5-14-7-8-17(10-15(14)9-12)11-16-6-4-13(2)18-16/h3-6,9H,7-8,10-11H2,1-2H3. The molecule has 1 aromatic heterocycles. The van der Waals surface area contributed by atoms with E-state index in [0.717, 1.165) is 37.6 Å². The molecular formula is C16H19NO. The van der Waals surface area contributed by atoms with Crippen LogP contribution in [0.2, 0.25) is 0 Å². The molecule has 0 N–H and O–H groups in total. The van der Waals surface area contributed by atoms with Crippen LogP contribution in [0.4, 0.5) is 0 Å². The number of nitrogens with zero attached hydrogens (tertiary/aromatic N) is 1. The van der Waals surface area contributed by atoms with Crippen molar-refractivity contribution in [2.75, 3.05) is 6.54 Å². The topological polar surface area (TPSA) is 16.4 Å². The lowest BCUT2D eigenvalue weighted by atomic mass is 9.98. The first-order valence-corrected chi connectivity index (χ1v) is 6.57. The fourth-order valence-electron chi connectivity index (χ4n) is 2.67. The summed E-state index contributed by atoms with van der Waals surface area (Å²) in [5.41, 5.74) is 4.33. The summed E-state index contributed by atoms with van der Waals surface area (Å²) in [5.74, 6) is 2.07. The van der Waals surface area contributed by atoms with Crippen LogP contribution < -0.4 is 0 Å². The summed E-state index contributed by atoms with van der Waals surface area (Å²) in [5, 5.41) is 0. The molecule has 0 radical (unpaired) electrons. The summed E-state index contributed by atoms with van der Waals surface area (Å²) < 4.78 is 5.66. The molecule has 0 unspecified atom stereocenters. The third-order valence-electron chi connectivity index (χ3n) is 3.63. The predicted octanol–water partition coefficient (Wildman–Crippen LogP) is 3.45. The first kappa shape index (κ1) is 11.5. The highest BCUT2D eigenvalue weighted by Gasteiger charge is 2.17. The van der Waals surface area contributed by atoms with Crippen molar-refractivity contribution in [2.24, 2.45) is 0 Å². The zero-order chi connectivity index (χ0) is 12.5. The maximum atomic E-state index is 5.66. The number of aryl methyl sites for hydroxylation is 2. The van der Waals surface area contributed by atoms with Gasteiger partial charge in [0, 0.05) is 13.1 Å². The zero-order valence-corrected chi connectivity index (χ0v) is 11.1. The van der Waals surface area contributed by atoms with E-state index in [0.29, 0.717) is 0 Å². The minimum Gasteiger partial charge on any atom is -0.465 e. The highest BCUT2D eigenvalue weighted by Crippen LogP contribution is 2.22. The molecule has 0 saturated heterocycles. The van der Waals surface area contributed by atoms with Crippen molar-refractivity contribution in [1.82, 2.24) is 4.90 Å². The van der Waals surface area contributed by atoms with E-state index in [4.69, 9.17) is 4.42 Å². The molecule has 0 saturated carbocycles. The van der Waals surface area contributed by atoms with Gasteiger partial charge in [0.05, 0.1) is 6.54 Å². The van der Waals surface area contributed by atoms with E-state index >= 15 is 0 Å². The van der Waals surface area contributed by atoms with Gasteiger partial charge in [-0.15, -0.1) is 0 Å². The third-order valence-corrected chi connectivity index (χ3v) is 3.63. The zero-order valence-electron chi connectivity index (χ0n) is 11.1. The number of benzene rings is 1. The Morgan fingerprint density at radius 2 is 2.00 bits per heavy atom. The molecule has 2 nitrogen and oxygen atoms in total. The monoisotopic (exact) mass is 241 g/mol. The number of rotatable bonds is 2. The van der Waals surface area contributed by atoms with Crippen molar-refractivity contribution in [1.29, 1.82) is 0 Å². The van der Waals surface area contributed by atoms with Gasteiger partial charge in [-0.1, -0.05) is 23.8 Å². The fraction of sp³-hybridized carbons (Fsp3) is 0.375. The maximum absolute atomic E-state index is 5.66. The Hall–Kier alpha value is -1.54. The van der Waals surface area contributed by atoms with E-state index in [-0.39, 0.29) is 0 Å². The van der Waals surface area contributed by atoms with Crippen LogP contribution in [-0.4, -0.2) is 11.4 Å². The van der Waals surface area contributed by atoms with E-state index in [9.17, 15) is 0 Å². The van der Waals surface area contributed by atoms with Gasteiger partial charge < -0.3 is 4.42 Å². The summed E-state index contributed by atoms with van der Waals surface area (Å²) in [7, 11) is 0. The maximum Gasteiger partial charge on any atom is 0.118 e. The van der Waals surface area contributed by atoms with Gasteiger partial charge in [-0.25, -0.2) is 0 Å².